The first kappa shape index (κ1) is 12.2. The summed E-state index contributed by atoms with van der Waals surface area (Å²) in [5.74, 6) is 0.228. The number of hydrogen-bond acceptors (Lipinski definition) is 2. The third kappa shape index (κ3) is 3.65. The molecule has 0 aliphatic heterocycles. The summed E-state index contributed by atoms with van der Waals surface area (Å²) in [6.07, 6.45) is 0.492. The van der Waals surface area contributed by atoms with Crippen LogP contribution in [0.2, 0.25) is 0 Å². The zero-order chi connectivity index (χ0) is 11.3. The molecule has 0 aromatic heterocycles. The zero-order valence-electron chi connectivity index (χ0n) is 9.73. The highest BCUT2D eigenvalue weighted by molar-refractivity contribution is 5.24. The Bertz CT molecular complexity index is 296. The number of aryl methyl sites for hydroxylation is 1. The van der Waals surface area contributed by atoms with Gasteiger partial charge >= 0.3 is 0 Å². The van der Waals surface area contributed by atoms with Gasteiger partial charge in [0.25, 0.3) is 0 Å². The zero-order valence-corrected chi connectivity index (χ0v) is 9.73. The lowest BCUT2D eigenvalue weighted by Gasteiger charge is -2.19. The second kappa shape index (κ2) is 5.89. The second-order valence-corrected chi connectivity index (χ2v) is 4.12. The highest BCUT2D eigenvalue weighted by Crippen LogP contribution is 2.24. The number of aliphatic hydroxyl groups excluding tert-OH is 1. The van der Waals surface area contributed by atoms with Crippen LogP contribution in [0.25, 0.3) is 0 Å². The van der Waals surface area contributed by atoms with Gasteiger partial charge in [-0.1, -0.05) is 36.8 Å². The van der Waals surface area contributed by atoms with E-state index in [0.29, 0.717) is 6.61 Å². The van der Waals surface area contributed by atoms with Gasteiger partial charge in [0.1, 0.15) is 0 Å². The Kier molecular flexibility index (Phi) is 4.79. The number of methoxy groups -OCH3 is 1. The van der Waals surface area contributed by atoms with Crippen LogP contribution in [0.1, 0.15) is 30.6 Å². The molecule has 2 unspecified atom stereocenters. The first-order valence-corrected chi connectivity index (χ1v) is 5.38. The maximum absolute atomic E-state index is 10.1. The summed E-state index contributed by atoms with van der Waals surface area (Å²) in [6.45, 7) is 4.78. The van der Waals surface area contributed by atoms with E-state index in [1.807, 2.05) is 38.1 Å². The Morgan fingerprint density at radius 3 is 2.73 bits per heavy atom. The molecule has 2 atom stereocenters. The van der Waals surface area contributed by atoms with Crippen LogP contribution in [-0.2, 0) is 4.74 Å². The molecule has 0 aliphatic carbocycles. The largest absolute Gasteiger partial charge is 0.388 e. The van der Waals surface area contributed by atoms with E-state index in [-0.39, 0.29) is 12.0 Å². The van der Waals surface area contributed by atoms with Crippen LogP contribution in [0.3, 0.4) is 0 Å². The molecule has 15 heavy (non-hydrogen) atoms. The molecular weight excluding hydrogens is 188 g/mol. The fourth-order valence-electron chi connectivity index (χ4n) is 1.64. The average molecular weight is 208 g/mol. The molecule has 0 saturated carbocycles. The first-order valence-electron chi connectivity index (χ1n) is 5.38. The molecule has 0 spiro atoms. The van der Waals surface area contributed by atoms with E-state index < -0.39 is 0 Å². The number of benzene rings is 1. The van der Waals surface area contributed by atoms with Crippen molar-refractivity contribution in [1.29, 1.82) is 0 Å². The maximum atomic E-state index is 10.1. The molecule has 1 N–H and O–H groups in total. The molecule has 0 saturated heterocycles. The van der Waals surface area contributed by atoms with Gasteiger partial charge in [-0.05, 0) is 24.8 Å². The number of aliphatic hydroxyl groups is 1. The molecule has 84 valence electrons. The van der Waals surface area contributed by atoms with Crippen molar-refractivity contribution in [1.82, 2.24) is 0 Å². The lowest BCUT2D eigenvalue weighted by molar-refractivity contribution is 0.0886. The molecule has 0 bridgehead atoms. The minimum absolute atomic E-state index is 0.228. The number of ether oxygens (including phenoxy) is 1. The quantitative estimate of drug-likeness (QED) is 0.806. The maximum Gasteiger partial charge on any atom is 0.0816 e. The second-order valence-electron chi connectivity index (χ2n) is 4.12. The molecule has 1 aromatic carbocycles. The third-order valence-corrected chi connectivity index (χ3v) is 2.70. The summed E-state index contributed by atoms with van der Waals surface area (Å²) in [4.78, 5) is 0. The van der Waals surface area contributed by atoms with Gasteiger partial charge in [0.05, 0.1) is 6.10 Å². The molecular formula is C13H20O2. The fourth-order valence-corrected chi connectivity index (χ4v) is 1.64. The summed E-state index contributed by atoms with van der Waals surface area (Å²) in [7, 11) is 1.69. The lowest BCUT2D eigenvalue weighted by atomic mass is 9.94. The lowest BCUT2D eigenvalue weighted by Crippen LogP contribution is -2.11. The molecule has 1 rings (SSSR count). The molecule has 2 heteroatoms. The molecule has 0 radical (unpaired) electrons. The summed E-state index contributed by atoms with van der Waals surface area (Å²) in [6, 6.07) is 8.03. The molecule has 1 aromatic rings. The van der Waals surface area contributed by atoms with Crippen LogP contribution in [0, 0.1) is 12.8 Å². The molecule has 2 nitrogen and oxygen atoms in total. The molecule has 0 fully saturated rings. The van der Waals surface area contributed by atoms with Gasteiger partial charge in [0, 0.05) is 13.7 Å². The Hall–Kier alpha value is -0.860. The Labute approximate surface area is 91.9 Å². The van der Waals surface area contributed by atoms with E-state index in [0.717, 1.165) is 12.0 Å². The van der Waals surface area contributed by atoms with Crippen LogP contribution in [0.15, 0.2) is 24.3 Å². The highest BCUT2D eigenvalue weighted by Gasteiger charge is 2.15. The van der Waals surface area contributed by atoms with Gasteiger partial charge in [-0.25, -0.2) is 0 Å². The topological polar surface area (TPSA) is 29.5 Å². The van der Waals surface area contributed by atoms with E-state index in [1.54, 1.807) is 7.11 Å². The van der Waals surface area contributed by atoms with Crippen molar-refractivity contribution < 1.29 is 9.84 Å². The van der Waals surface area contributed by atoms with E-state index in [4.69, 9.17) is 4.74 Å². The standard InChI is InChI=1S/C13H20O2/c1-10-5-4-6-12(9-10)13(14)11(2)7-8-15-3/h4-6,9,11,13-14H,7-8H2,1-3H3. The average Bonchev–Trinajstić information content (AvgIpc) is 2.24. The van der Waals surface area contributed by atoms with Crippen LogP contribution < -0.4 is 0 Å². The van der Waals surface area contributed by atoms with E-state index in [9.17, 15) is 5.11 Å². The van der Waals surface area contributed by atoms with Crippen LogP contribution in [0.4, 0.5) is 0 Å². The predicted molar refractivity (Wildman–Crippen MR) is 61.8 cm³/mol. The summed E-state index contributed by atoms with van der Waals surface area (Å²) < 4.78 is 5.01. The van der Waals surface area contributed by atoms with Gasteiger partial charge < -0.3 is 9.84 Å². The Morgan fingerprint density at radius 1 is 1.40 bits per heavy atom. The van der Waals surface area contributed by atoms with Crippen molar-refractivity contribution >= 4 is 0 Å². The highest BCUT2D eigenvalue weighted by atomic mass is 16.5. The van der Waals surface area contributed by atoms with E-state index in [1.165, 1.54) is 5.56 Å². The normalized spacial score (nSPS) is 14.9. The van der Waals surface area contributed by atoms with Crippen molar-refractivity contribution in [3.05, 3.63) is 35.4 Å². The van der Waals surface area contributed by atoms with Gasteiger partial charge in [0.15, 0.2) is 0 Å². The van der Waals surface area contributed by atoms with Gasteiger partial charge in [-0.15, -0.1) is 0 Å². The minimum Gasteiger partial charge on any atom is -0.388 e. The third-order valence-electron chi connectivity index (χ3n) is 2.70. The molecule has 0 amide bonds. The van der Waals surface area contributed by atoms with Crippen molar-refractivity contribution in [2.24, 2.45) is 5.92 Å². The summed E-state index contributed by atoms with van der Waals surface area (Å²) >= 11 is 0. The monoisotopic (exact) mass is 208 g/mol. The van der Waals surface area contributed by atoms with Gasteiger partial charge in [-0.2, -0.15) is 0 Å². The predicted octanol–water partition coefficient (Wildman–Crippen LogP) is 2.70. The number of hydrogen-bond donors (Lipinski definition) is 1. The SMILES string of the molecule is COCCC(C)C(O)c1cccc(C)c1. The van der Waals surface area contributed by atoms with Gasteiger partial charge in [0.2, 0.25) is 0 Å². The van der Waals surface area contributed by atoms with Crippen LogP contribution in [0.5, 0.6) is 0 Å². The van der Waals surface area contributed by atoms with Crippen molar-refractivity contribution in [2.45, 2.75) is 26.4 Å². The van der Waals surface area contributed by atoms with E-state index >= 15 is 0 Å². The molecule has 0 heterocycles. The molecule has 0 aliphatic rings. The minimum atomic E-state index is -0.389. The smallest absolute Gasteiger partial charge is 0.0816 e. The summed E-state index contributed by atoms with van der Waals surface area (Å²) in [5.41, 5.74) is 2.18. The van der Waals surface area contributed by atoms with Gasteiger partial charge in [-0.3, -0.25) is 0 Å². The first-order chi connectivity index (χ1) is 7.15. The van der Waals surface area contributed by atoms with Crippen molar-refractivity contribution in [2.75, 3.05) is 13.7 Å². The van der Waals surface area contributed by atoms with Crippen molar-refractivity contribution in [3.63, 3.8) is 0 Å². The Balaban J connectivity index is 2.62. The number of rotatable bonds is 5. The van der Waals surface area contributed by atoms with Crippen LogP contribution in [-0.4, -0.2) is 18.8 Å². The fraction of sp³-hybridized carbons (Fsp3) is 0.538. The summed E-state index contributed by atoms with van der Waals surface area (Å²) in [5, 5.41) is 10.1. The van der Waals surface area contributed by atoms with Crippen molar-refractivity contribution in [3.8, 4) is 0 Å². The Morgan fingerprint density at radius 2 is 2.13 bits per heavy atom. The van der Waals surface area contributed by atoms with Crippen LogP contribution >= 0.6 is 0 Å². The van der Waals surface area contributed by atoms with E-state index in [2.05, 4.69) is 0 Å².